The predicted octanol–water partition coefficient (Wildman–Crippen LogP) is -14.9. The Morgan fingerprint density at radius 2 is 0.513 bits per heavy atom. The van der Waals surface area contributed by atoms with Crippen LogP contribution in [-0.2, 0) is 42.4 Å². The Labute approximate surface area is 420 Å². The van der Waals surface area contributed by atoms with Crippen molar-refractivity contribution in [2.45, 2.75) is 44.4 Å². The average Bonchev–Trinajstić information content (AvgIpc) is 2.10. The minimum absolute atomic E-state index is 0. The SMILES string of the molecule is O.O.O.O.O.O.O=C(O)CC(O)O.O=C(O)CC(O)O.OC(O)CC(O)O.[OH3+].[OH3+].[OH3+].[OH3+].[OH3+].[OH3+].[Pr].[Pr].[Pr].[Pr].[Pr].[Pr]. The van der Waals surface area contributed by atoms with Crippen LogP contribution in [0.3, 0.4) is 0 Å². The molecule has 0 amide bonds. The normalized spacial score (nSPS) is 5.44. The number of hydrogen-bond donors (Lipinski definition) is 10. The molecular formula is C9H50O24Pr6+6. The Morgan fingerprint density at radius 3 is 0.513 bits per heavy atom. The maximum Gasteiger partial charge on any atom is 0.308 e. The van der Waals surface area contributed by atoms with Crippen LogP contribution in [0.1, 0.15) is 19.3 Å². The van der Waals surface area contributed by atoms with E-state index in [0.29, 0.717) is 0 Å². The number of carboxylic acid groups (broad SMARTS) is 2. The second-order valence-corrected chi connectivity index (χ2v) is 3.35. The van der Waals surface area contributed by atoms with Crippen LogP contribution in [0.5, 0.6) is 0 Å². The van der Waals surface area contributed by atoms with Crippen LogP contribution in [0.15, 0.2) is 0 Å². The summed E-state index contributed by atoms with van der Waals surface area (Å²) in [4.78, 5) is 19.0. The number of aliphatic hydroxyl groups excluding tert-OH is 4. The van der Waals surface area contributed by atoms with E-state index < -0.39 is 56.4 Å². The van der Waals surface area contributed by atoms with Gasteiger partial charge in [0, 0.05) is 254 Å². The van der Waals surface area contributed by atoms with Crippen molar-refractivity contribution in [2.75, 3.05) is 0 Å². The first kappa shape index (κ1) is 151. The molecule has 0 unspecified atom stereocenters. The average molecular weight is 1390 g/mol. The summed E-state index contributed by atoms with van der Waals surface area (Å²) in [5.41, 5.74) is 0. The van der Waals surface area contributed by atoms with E-state index in [1.165, 1.54) is 0 Å². The quantitative estimate of drug-likeness (QED) is 0.0876. The predicted molar refractivity (Wildman–Crippen MR) is 113 cm³/mol. The third kappa shape index (κ3) is 236. The Bertz CT molecular complexity index is 267. The van der Waals surface area contributed by atoms with Gasteiger partial charge in [-0.1, -0.05) is 0 Å². The molecule has 0 saturated carbocycles. The molecule has 242 valence electrons. The van der Waals surface area contributed by atoms with Gasteiger partial charge in [-0.3, -0.25) is 9.59 Å². The first-order chi connectivity index (χ1) is 9.38. The molecule has 39 heavy (non-hydrogen) atoms. The zero-order chi connectivity index (χ0) is 17.6. The molecular weight excluding hydrogens is 1340 g/mol. The van der Waals surface area contributed by atoms with E-state index in [2.05, 4.69) is 0 Å². The van der Waals surface area contributed by atoms with Crippen molar-refractivity contribution in [2.24, 2.45) is 0 Å². The molecule has 0 aliphatic rings. The molecule has 0 aromatic carbocycles. The summed E-state index contributed by atoms with van der Waals surface area (Å²) in [5.74, 6) is -2.43. The van der Waals surface area contributed by atoms with Gasteiger partial charge in [-0.2, -0.15) is 0 Å². The third-order valence-corrected chi connectivity index (χ3v) is 1.14. The van der Waals surface area contributed by atoms with Crippen molar-refractivity contribution in [3.8, 4) is 0 Å². The molecule has 0 atom stereocenters. The van der Waals surface area contributed by atoms with Crippen molar-refractivity contribution in [3.63, 3.8) is 0 Å². The maximum absolute atomic E-state index is 9.49. The molecule has 30 heteroatoms. The molecule has 0 aliphatic carbocycles. The summed E-state index contributed by atoms with van der Waals surface area (Å²) in [6.07, 6.45) is -8.34. The monoisotopic (exact) mass is 1390 g/mol. The molecule has 24 nitrogen and oxygen atoms in total. The van der Waals surface area contributed by atoms with Crippen LogP contribution in [-0.4, -0.2) is 121 Å². The summed E-state index contributed by atoms with van der Waals surface area (Å²) in [7, 11) is 0. The number of hydrogen-bond acceptors (Lipinski definition) is 10. The summed E-state index contributed by atoms with van der Waals surface area (Å²) < 4.78 is 0. The fourth-order valence-corrected chi connectivity index (χ4v) is 0.501. The van der Waals surface area contributed by atoms with Crippen LogP contribution < -0.4 is 0 Å². The number of aliphatic hydroxyl groups is 8. The largest absolute Gasteiger partial charge is 0.481 e. The molecule has 0 saturated heterocycles. The van der Waals surface area contributed by atoms with Crippen molar-refractivity contribution in [1.82, 2.24) is 0 Å². The van der Waals surface area contributed by atoms with Gasteiger partial charge in [0.05, 0.1) is 12.8 Å². The smallest absolute Gasteiger partial charge is 0.308 e. The topological polar surface area (TPSA) is 623 Å². The summed E-state index contributed by atoms with van der Waals surface area (Å²) in [6.45, 7) is 0. The first-order valence-electron chi connectivity index (χ1n) is 5.26. The van der Waals surface area contributed by atoms with E-state index >= 15 is 0 Å². The van der Waals surface area contributed by atoms with E-state index in [4.69, 9.17) is 51.1 Å². The van der Waals surface area contributed by atoms with Crippen LogP contribution in [0.4, 0.5) is 0 Å². The van der Waals surface area contributed by atoms with Gasteiger partial charge in [0.2, 0.25) is 0 Å². The molecule has 40 N–H and O–H groups in total. The molecule has 0 rings (SSSR count). The number of rotatable bonds is 6. The zero-order valence-electron chi connectivity index (χ0n) is 20.6. The fraction of sp³-hybridized carbons (Fsp3) is 0.778. The third-order valence-electron chi connectivity index (χ3n) is 1.14. The first-order valence-corrected chi connectivity index (χ1v) is 5.26. The summed E-state index contributed by atoms with van der Waals surface area (Å²) in [6, 6.07) is 0. The number of aliphatic carboxylic acids is 2. The van der Waals surface area contributed by atoms with Gasteiger partial charge in [-0.05, 0) is 0 Å². The molecule has 0 aliphatic heterocycles. The van der Waals surface area contributed by atoms with Crippen molar-refractivity contribution >= 4 is 11.9 Å². The van der Waals surface area contributed by atoms with Gasteiger partial charge >= 0.3 is 11.9 Å². The number of carboxylic acids is 2. The molecule has 0 heterocycles. The van der Waals surface area contributed by atoms with Gasteiger partial charge in [-0.15, -0.1) is 0 Å². The van der Waals surface area contributed by atoms with E-state index in [9.17, 15) is 9.59 Å². The van der Waals surface area contributed by atoms with Crippen LogP contribution >= 0.6 is 0 Å². The van der Waals surface area contributed by atoms with Gasteiger partial charge < -0.3 is 117 Å². The number of carbonyl (C=O) groups is 2. The molecule has 0 spiro atoms. The van der Waals surface area contributed by atoms with E-state index in [-0.39, 0.29) is 313 Å². The van der Waals surface area contributed by atoms with Gasteiger partial charge in [0.1, 0.15) is 0 Å². The molecule has 6 radical (unpaired) electrons. The van der Waals surface area contributed by atoms with Crippen molar-refractivity contribution in [1.29, 1.82) is 0 Å². The van der Waals surface area contributed by atoms with Crippen LogP contribution in [0, 0.1) is 248 Å². The van der Waals surface area contributed by atoms with E-state index in [1.807, 2.05) is 0 Å². The van der Waals surface area contributed by atoms with E-state index in [0.717, 1.165) is 0 Å². The summed E-state index contributed by atoms with van der Waals surface area (Å²) >= 11 is 0. The van der Waals surface area contributed by atoms with Crippen molar-refractivity contribution < 1.29 is 374 Å². The van der Waals surface area contributed by atoms with Gasteiger partial charge in [0.15, 0.2) is 25.2 Å². The standard InChI is InChI=1S/C3H8O4.2C3H6O4.12H2O.6Pr/c3*4-2(5)1-3(6)7;;;;;;;;;;;;;;;;;;/h2-7H,1H2;2*2,4-5H,1H2,(H,6,7);12*1H2;;;;;;/p+6. The Morgan fingerprint density at radius 1 is 0.385 bits per heavy atom. The Kier molecular flexibility index (Phi) is 430. The van der Waals surface area contributed by atoms with E-state index in [1.54, 1.807) is 0 Å². The van der Waals surface area contributed by atoms with Gasteiger partial charge in [0.25, 0.3) is 0 Å². The summed E-state index contributed by atoms with van der Waals surface area (Å²) in [5, 5.41) is 79.0. The van der Waals surface area contributed by atoms with Gasteiger partial charge in [-0.25, -0.2) is 0 Å². The molecule has 0 fully saturated rings. The molecule has 0 aromatic heterocycles. The van der Waals surface area contributed by atoms with Crippen LogP contribution in [0.2, 0.25) is 0 Å². The maximum atomic E-state index is 9.49. The Balaban J connectivity index is -0.00000000533. The zero-order valence-corrected chi connectivity index (χ0v) is 42.9. The second-order valence-electron chi connectivity index (χ2n) is 3.35. The Hall–Kier alpha value is 6.32. The fourth-order valence-electron chi connectivity index (χ4n) is 0.501. The molecule has 0 aromatic rings. The second kappa shape index (κ2) is 111. The van der Waals surface area contributed by atoms with Crippen molar-refractivity contribution in [3.05, 3.63) is 0 Å². The molecule has 0 bridgehead atoms. The van der Waals surface area contributed by atoms with Crippen LogP contribution in [0.25, 0.3) is 0 Å². The minimum atomic E-state index is -1.72. The minimum Gasteiger partial charge on any atom is -0.481 e.